The van der Waals surface area contributed by atoms with Crippen LogP contribution in [0.5, 0.6) is 5.75 Å². The summed E-state index contributed by atoms with van der Waals surface area (Å²) in [6, 6.07) is 12.5. The van der Waals surface area contributed by atoms with E-state index >= 15 is 0 Å². The molecule has 1 amide bonds. The van der Waals surface area contributed by atoms with Crippen molar-refractivity contribution in [3.63, 3.8) is 0 Å². The number of hydrogen-bond acceptors (Lipinski definition) is 4. The summed E-state index contributed by atoms with van der Waals surface area (Å²) in [6.45, 7) is 3.88. The van der Waals surface area contributed by atoms with E-state index in [0.717, 1.165) is 17.6 Å². The number of amides is 1. The smallest absolute Gasteiger partial charge is 0.232 e. The van der Waals surface area contributed by atoms with Crippen molar-refractivity contribution in [2.24, 2.45) is 0 Å². The second-order valence-corrected chi connectivity index (χ2v) is 9.20. The van der Waals surface area contributed by atoms with Gasteiger partial charge < -0.3 is 10.1 Å². The largest absolute Gasteiger partial charge is 0.497 e. The van der Waals surface area contributed by atoms with Gasteiger partial charge in [0.05, 0.1) is 25.1 Å². The van der Waals surface area contributed by atoms with Crippen molar-refractivity contribution in [3.8, 4) is 5.75 Å². The van der Waals surface area contributed by atoms with Crippen molar-refractivity contribution in [2.45, 2.75) is 32.7 Å². The Morgan fingerprint density at radius 1 is 1.21 bits per heavy atom. The van der Waals surface area contributed by atoms with Gasteiger partial charge in [0.25, 0.3) is 0 Å². The average Bonchev–Trinajstić information content (AvgIpc) is 2.67. The molecular weight excluding hydrogens is 412 g/mol. The van der Waals surface area contributed by atoms with Gasteiger partial charge in [0, 0.05) is 18.0 Å². The summed E-state index contributed by atoms with van der Waals surface area (Å²) in [7, 11) is -1.89. The van der Waals surface area contributed by atoms with Crippen molar-refractivity contribution in [3.05, 3.63) is 58.6 Å². The van der Waals surface area contributed by atoms with E-state index in [9.17, 15) is 13.2 Å². The van der Waals surface area contributed by atoms with Crippen LogP contribution in [-0.4, -0.2) is 34.2 Å². The molecule has 8 heteroatoms. The molecule has 0 radical (unpaired) electrons. The number of nitrogens with zero attached hydrogens (tertiary/aromatic N) is 1. The number of carbonyl (C=O) groups is 1. The Morgan fingerprint density at radius 3 is 2.45 bits per heavy atom. The number of sulfonamides is 1. The van der Waals surface area contributed by atoms with E-state index in [1.54, 1.807) is 32.2 Å². The lowest BCUT2D eigenvalue weighted by Gasteiger charge is -2.24. The molecule has 0 saturated heterocycles. The van der Waals surface area contributed by atoms with Gasteiger partial charge in [-0.2, -0.15) is 0 Å². The third-order valence-corrected chi connectivity index (χ3v) is 6.26. The molecule has 0 saturated carbocycles. The minimum Gasteiger partial charge on any atom is -0.497 e. The molecule has 2 aromatic rings. The molecule has 0 spiro atoms. The van der Waals surface area contributed by atoms with Crippen LogP contribution in [0.2, 0.25) is 5.02 Å². The number of anilines is 1. The van der Waals surface area contributed by atoms with Crippen molar-refractivity contribution >= 4 is 33.2 Å². The maximum atomic E-state index is 12.3. The Hall–Kier alpha value is -2.25. The first-order chi connectivity index (χ1) is 13.6. The van der Waals surface area contributed by atoms with Gasteiger partial charge in [-0.05, 0) is 55.7 Å². The Morgan fingerprint density at radius 2 is 1.86 bits per heavy atom. The second-order valence-electron chi connectivity index (χ2n) is 6.89. The topological polar surface area (TPSA) is 75.7 Å². The fraction of sp³-hybridized carbons (Fsp3) is 0.381. The predicted molar refractivity (Wildman–Crippen MR) is 117 cm³/mol. The number of halogens is 1. The minimum absolute atomic E-state index is 0.135. The normalized spacial score (nSPS) is 12.3. The molecule has 0 heterocycles. The molecule has 0 bridgehead atoms. The molecule has 158 valence electrons. The van der Waals surface area contributed by atoms with Gasteiger partial charge in [0.15, 0.2) is 0 Å². The van der Waals surface area contributed by atoms with Gasteiger partial charge in [0.1, 0.15) is 5.75 Å². The maximum Gasteiger partial charge on any atom is 0.232 e. The Bertz CT molecular complexity index is 946. The lowest BCUT2D eigenvalue weighted by molar-refractivity contribution is -0.121. The monoisotopic (exact) mass is 438 g/mol. The molecule has 1 unspecified atom stereocenters. The molecule has 0 aromatic heterocycles. The van der Waals surface area contributed by atoms with Crippen LogP contribution in [0.4, 0.5) is 5.69 Å². The van der Waals surface area contributed by atoms with Gasteiger partial charge >= 0.3 is 0 Å². The van der Waals surface area contributed by atoms with Crippen LogP contribution in [-0.2, 0) is 14.8 Å². The summed E-state index contributed by atoms with van der Waals surface area (Å²) < 4.78 is 31.0. The van der Waals surface area contributed by atoms with Crippen molar-refractivity contribution in [2.75, 3.05) is 24.2 Å². The number of ether oxygens (including phenoxy) is 1. The summed E-state index contributed by atoms with van der Waals surface area (Å²) >= 11 is 6.13. The molecule has 0 fully saturated rings. The van der Waals surface area contributed by atoms with E-state index in [0.29, 0.717) is 22.7 Å². The fourth-order valence-corrected chi connectivity index (χ4v) is 4.19. The van der Waals surface area contributed by atoms with Crippen molar-refractivity contribution < 1.29 is 17.9 Å². The fourth-order valence-electron chi connectivity index (χ4n) is 3.00. The summed E-state index contributed by atoms with van der Waals surface area (Å²) in [6.07, 6.45) is 1.76. The highest BCUT2D eigenvalue weighted by Gasteiger charge is 2.20. The number of benzene rings is 2. The second kappa shape index (κ2) is 9.98. The third-order valence-electron chi connectivity index (χ3n) is 4.67. The van der Waals surface area contributed by atoms with Gasteiger partial charge in [0.2, 0.25) is 15.9 Å². The Balaban J connectivity index is 1.96. The van der Waals surface area contributed by atoms with E-state index in [2.05, 4.69) is 5.32 Å². The first kappa shape index (κ1) is 23.0. The van der Waals surface area contributed by atoms with Crippen LogP contribution >= 0.6 is 11.6 Å². The zero-order valence-electron chi connectivity index (χ0n) is 17.1. The van der Waals surface area contributed by atoms with Crippen LogP contribution in [0.25, 0.3) is 0 Å². The molecule has 2 rings (SSSR count). The molecule has 0 aliphatic rings. The standard InChI is InChI=1S/C21H27ClN2O4S/c1-15-19(22)7-5-8-20(15)24(29(4,26)27)14-6-9-21(25)23-16(2)17-10-12-18(28-3)13-11-17/h5,7-8,10-13,16H,6,9,14H2,1-4H3,(H,23,25). The van der Waals surface area contributed by atoms with Gasteiger partial charge in [-0.3, -0.25) is 9.10 Å². The molecular formula is C21H27ClN2O4S. The summed E-state index contributed by atoms with van der Waals surface area (Å²) in [5.74, 6) is 0.619. The van der Waals surface area contributed by atoms with Gasteiger partial charge in [-0.25, -0.2) is 8.42 Å². The van der Waals surface area contributed by atoms with E-state index in [-0.39, 0.29) is 24.9 Å². The van der Waals surface area contributed by atoms with E-state index < -0.39 is 10.0 Å². The number of hydrogen-bond donors (Lipinski definition) is 1. The van der Waals surface area contributed by atoms with Crippen LogP contribution < -0.4 is 14.4 Å². The molecule has 0 aliphatic carbocycles. The zero-order valence-corrected chi connectivity index (χ0v) is 18.7. The Labute approximate surface area is 177 Å². The van der Waals surface area contributed by atoms with E-state index in [4.69, 9.17) is 16.3 Å². The van der Waals surface area contributed by atoms with Gasteiger partial charge in [-0.1, -0.05) is 29.8 Å². The SMILES string of the molecule is COc1ccc(C(C)NC(=O)CCCN(c2cccc(Cl)c2C)S(C)(=O)=O)cc1. The molecule has 29 heavy (non-hydrogen) atoms. The van der Waals surface area contributed by atoms with Crippen LogP contribution in [0.3, 0.4) is 0 Å². The van der Waals surface area contributed by atoms with Gasteiger partial charge in [-0.15, -0.1) is 0 Å². The molecule has 2 aromatic carbocycles. The summed E-state index contributed by atoms with van der Waals surface area (Å²) in [5, 5.41) is 3.44. The first-order valence-corrected chi connectivity index (χ1v) is 11.5. The van der Waals surface area contributed by atoms with Crippen LogP contribution in [0, 0.1) is 6.92 Å². The summed E-state index contributed by atoms with van der Waals surface area (Å²) in [4.78, 5) is 12.3. The highest BCUT2D eigenvalue weighted by atomic mass is 35.5. The minimum atomic E-state index is -3.50. The van der Waals surface area contributed by atoms with E-state index in [1.807, 2.05) is 31.2 Å². The third kappa shape index (κ3) is 6.37. The average molecular weight is 439 g/mol. The predicted octanol–water partition coefficient (Wildman–Crippen LogP) is 4.08. The first-order valence-electron chi connectivity index (χ1n) is 9.29. The number of carbonyl (C=O) groups excluding carboxylic acids is 1. The zero-order chi connectivity index (χ0) is 21.6. The van der Waals surface area contributed by atoms with Crippen LogP contribution in [0.1, 0.15) is 36.9 Å². The number of nitrogens with one attached hydrogen (secondary N) is 1. The quantitative estimate of drug-likeness (QED) is 0.640. The highest BCUT2D eigenvalue weighted by Crippen LogP contribution is 2.28. The number of methoxy groups -OCH3 is 1. The Kier molecular flexibility index (Phi) is 7.93. The van der Waals surface area contributed by atoms with Crippen molar-refractivity contribution in [1.82, 2.24) is 5.32 Å². The molecule has 1 atom stereocenters. The van der Waals surface area contributed by atoms with Crippen molar-refractivity contribution in [1.29, 1.82) is 0 Å². The summed E-state index contributed by atoms with van der Waals surface area (Å²) in [5.41, 5.74) is 2.19. The van der Waals surface area contributed by atoms with E-state index in [1.165, 1.54) is 4.31 Å². The lowest BCUT2D eigenvalue weighted by atomic mass is 10.1. The lowest BCUT2D eigenvalue weighted by Crippen LogP contribution is -2.33. The molecule has 1 N–H and O–H groups in total. The van der Waals surface area contributed by atoms with Crippen LogP contribution in [0.15, 0.2) is 42.5 Å². The number of rotatable bonds is 9. The maximum absolute atomic E-state index is 12.3. The molecule has 0 aliphatic heterocycles. The highest BCUT2D eigenvalue weighted by molar-refractivity contribution is 7.92. The molecule has 6 nitrogen and oxygen atoms in total.